The lowest BCUT2D eigenvalue weighted by atomic mass is 10.2. The Kier molecular flexibility index (Phi) is 4.90. The van der Waals surface area contributed by atoms with Crippen LogP contribution in [0.25, 0.3) is 6.08 Å². The number of aliphatic carboxylic acids is 1. The van der Waals surface area contributed by atoms with Gasteiger partial charge in [0.05, 0.1) is 0 Å². The van der Waals surface area contributed by atoms with E-state index < -0.39 is 17.9 Å². The van der Waals surface area contributed by atoms with Gasteiger partial charge in [0.25, 0.3) is 0 Å². The van der Waals surface area contributed by atoms with Crippen molar-refractivity contribution in [1.82, 2.24) is 5.32 Å². The molecule has 5 heteroatoms. The van der Waals surface area contributed by atoms with E-state index in [0.717, 1.165) is 10.0 Å². The normalized spacial score (nSPS) is 12.4. The quantitative estimate of drug-likeness (QED) is 0.836. The van der Waals surface area contributed by atoms with E-state index in [9.17, 15) is 9.59 Å². The van der Waals surface area contributed by atoms with Gasteiger partial charge in [0.1, 0.15) is 6.04 Å². The van der Waals surface area contributed by atoms with E-state index in [-0.39, 0.29) is 0 Å². The molecule has 0 spiro atoms. The van der Waals surface area contributed by atoms with Crippen LogP contribution in [0.1, 0.15) is 12.5 Å². The van der Waals surface area contributed by atoms with Crippen molar-refractivity contribution in [1.29, 1.82) is 0 Å². The zero-order valence-electron chi connectivity index (χ0n) is 9.18. The van der Waals surface area contributed by atoms with Crippen LogP contribution in [0.3, 0.4) is 0 Å². The van der Waals surface area contributed by atoms with Crippen molar-refractivity contribution < 1.29 is 14.7 Å². The highest BCUT2D eigenvalue weighted by Crippen LogP contribution is 2.16. The van der Waals surface area contributed by atoms with Crippen LogP contribution >= 0.6 is 15.9 Å². The van der Waals surface area contributed by atoms with E-state index in [1.165, 1.54) is 13.0 Å². The minimum absolute atomic E-state index is 0.435. The smallest absolute Gasteiger partial charge is 0.325 e. The Bertz CT molecular complexity index is 457. The molecule has 1 amide bonds. The number of hydrogen-bond acceptors (Lipinski definition) is 2. The maximum Gasteiger partial charge on any atom is 0.325 e. The summed E-state index contributed by atoms with van der Waals surface area (Å²) in [5.41, 5.74) is 0.852. The van der Waals surface area contributed by atoms with Gasteiger partial charge in [-0.15, -0.1) is 0 Å². The Balaban J connectivity index is 2.63. The molecule has 1 aromatic rings. The number of halogens is 1. The maximum atomic E-state index is 11.4. The fourth-order valence-electron chi connectivity index (χ4n) is 1.10. The Hall–Kier alpha value is -1.62. The number of carbonyl (C=O) groups excluding carboxylic acids is 1. The van der Waals surface area contributed by atoms with Crippen molar-refractivity contribution in [3.63, 3.8) is 0 Å². The summed E-state index contributed by atoms with van der Waals surface area (Å²) in [6, 6.07) is 6.52. The number of amides is 1. The molecule has 0 heterocycles. The molecule has 0 saturated heterocycles. The van der Waals surface area contributed by atoms with Crippen molar-refractivity contribution in [2.75, 3.05) is 0 Å². The monoisotopic (exact) mass is 297 g/mol. The SMILES string of the molecule is C[C@@H](NC(=O)/C=C/c1ccccc1Br)C(=O)O. The van der Waals surface area contributed by atoms with Gasteiger partial charge in [0.2, 0.25) is 5.91 Å². The lowest BCUT2D eigenvalue weighted by Gasteiger charge is -2.06. The predicted octanol–water partition coefficient (Wildman–Crippen LogP) is 2.05. The Morgan fingerprint density at radius 1 is 1.41 bits per heavy atom. The third kappa shape index (κ3) is 4.40. The first-order chi connectivity index (χ1) is 8.00. The molecule has 4 nitrogen and oxygen atoms in total. The number of carbonyl (C=O) groups is 2. The zero-order chi connectivity index (χ0) is 12.8. The summed E-state index contributed by atoms with van der Waals surface area (Å²) >= 11 is 3.34. The number of rotatable bonds is 4. The van der Waals surface area contributed by atoms with Crippen LogP contribution in [0.5, 0.6) is 0 Å². The molecule has 0 aliphatic heterocycles. The van der Waals surface area contributed by atoms with E-state index in [0.29, 0.717) is 0 Å². The molecule has 1 atom stereocenters. The molecule has 0 radical (unpaired) electrons. The van der Waals surface area contributed by atoms with E-state index in [2.05, 4.69) is 21.2 Å². The van der Waals surface area contributed by atoms with Crippen molar-refractivity contribution in [3.05, 3.63) is 40.4 Å². The second-order valence-corrected chi connectivity index (χ2v) is 4.28. The lowest BCUT2D eigenvalue weighted by Crippen LogP contribution is -2.37. The van der Waals surface area contributed by atoms with Crippen molar-refractivity contribution in [2.24, 2.45) is 0 Å². The van der Waals surface area contributed by atoms with Gasteiger partial charge in [-0.2, -0.15) is 0 Å². The third-order valence-corrected chi connectivity index (χ3v) is 2.77. The fraction of sp³-hybridized carbons (Fsp3) is 0.167. The standard InChI is InChI=1S/C12H12BrNO3/c1-8(12(16)17)14-11(15)7-6-9-4-2-3-5-10(9)13/h2-8H,1H3,(H,14,15)(H,16,17)/b7-6+/t8-/m1/s1. The molecule has 0 bridgehead atoms. The van der Waals surface area contributed by atoms with Crippen LogP contribution in [-0.4, -0.2) is 23.0 Å². The molecule has 0 saturated carbocycles. The lowest BCUT2D eigenvalue weighted by molar-refractivity contribution is -0.140. The average Bonchev–Trinajstić information content (AvgIpc) is 2.27. The first-order valence-electron chi connectivity index (χ1n) is 4.96. The molecule has 0 aromatic heterocycles. The van der Waals surface area contributed by atoms with Gasteiger partial charge in [0, 0.05) is 10.5 Å². The molecule has 1 rings (SSSR count). The number of benzene rings is 1. The Morgan fingerprint density at radius 3 is 2.65 bits per heavy atom. The van der Waals surface area contributed by atoms with Gasteiger partial charge in [-0.25, -0.2) is 0 Å². The van der Waals surface area contributed by atoms with E-state index in [1.54, 1.807) is 6.08 Å². The third-order valence-electron chi connectivity index (χ3n) is 2.05. The van der Waals surface area contributed by atoms with Crippen LogP contribution in [0.2, 0.25) is 0 Å². The minimum atomic E-state index is -1.06. The van der Waals surface area contributed by atoms with E-state index in [4.69, 9.17) is 5.11 Å². The summed E-state index contributed by atoms with van der Waals surface area (Å²) in [6.45, 7) is 1.41. The van der Waals surface area contributed by atoms with Gasteiger partial charge in [-0.05, 0) is 24.6 Å². The molecule has 2 N–H and O–H groups in total. The molecule has 0 fully saturated rings. The molecule has 0 unspecified atom stereocenters. The number of carboxylic acids is 1. The van der Waals surface area contributed by atoms with E-state index in [1.807, 2.05) is 24.3 Å². The van der Waals surface area contributed by atoms with Crippen molar-refractivity contribution in [3.8, 4) is 0 Å². The zero-order valence-corrected chi connectivity index (χ0v) is 10.8. The summed E-state index contributed by atoms with van der Waals surface area (Å²) in [5, 5.41) is 10.9. The number of hydrogen-bond donors (Lipinski definition) is 2. The number of nitrogens with one attached hydrogen (secondary N) is 1. The molecule has 0 aliphatic carbocycles. The summed E-state index contributed by atoms with van der Waals surface area (Å²) in [6.07, 6.45) is 2.92. The molecule has 17 heavy (non-hydrogen) atoms. The van der Waals surface area contributed by atoms with Gasteiger partial charge in [0.15, 0.2) is 0 Å². The first-order valence-corrected chi connectivity index (χ1v) is 5.76. The highest BCUT2D eigenvalue weighted by Gasteiger charge is 2.11. The molecule has 90 valence electrons. The molecule has 1 aromatic carbocycles. The second kappa shape index (κ2) is 6.20. The molecular formula is C12H12BrNO3. The first kappa shape index (κ1) is 13.4. The largest absolute Gasteiger partial charge is 0.480 e. The predicted molar refractivity (Wildman–Crippen MR) is 68.4 cm³/mol. The molecular weight excluding hydrogens is 286 g/mol. The summed E-state index contributed by atoms with van der Waals surface area (Å²) < 4.78 is 0.871. The van der Waals surface area contributed by atoms with Crippen LogP contribution in [0.4, 0.5) is 0 Å². The summed E-state index contributed by atoms with van der Waals surface area (Å²) in [4.78, 5) is 21.9. The van der Waals surface area contributed by atoms with Crippen LogP contribution < -0.4 is 5.32 Å². The highest BCUT2D eigenvalue weighted by molar-refractivity contribution is 9.10. The summed E-state index contributed by atoms with van der Waals surface area (Å²) in [5.74, 6) is -1.50. The molecule has 0 aliphatic rings. The topological polar surface area (TPSA) is 66.4 Å². The van der Waals surface area contributed by atoms with Gasteiger partial charge in [-0.3, -0.25) is 9.59 Å². The van der Waals surface area contributed by atoms with Crippen molar-refractivity contribution in [2.45, 2.75) is 13.0 Å². The van der Waals surface area contributed by atoms with Crippen LogP contribution in [-0.2, 0) is 9.59 Å². The Morgan fingerprint density at radius 2 is 2.06 bits per heavy atom. The highest BCUT2D eigenvalue weighted by atomic mass is 79.9. The Labute approximate surface area is 107 Å². The average molecular weight is 298 g/mol. The van der Waals surface area contributed by atoms with Crippen LogP contribution in [0.15, 0.2) is 34.8 Å². The maximum absolute atomic E-state index is 11.4. The van der Waals surface area contributed by atoms with E-state index >= 15 is 0 Å². The second-order valence-electron chi connectivity index (χ2n) is 3.42. The van der Waals surface area contributed by atoms with Gasteiger partial charge in [-0.1, -0.05) is 34.1 Å². The fourth-order valence-corrected chi connectivity index (χ4v) is 1.52. The van der Waals surface area contributed by atoms with Gasteiger partial charge < -0.3 is 10.4 Å². The van der Waals surface area contributed by atoms with Crippen LogP contribution in [0, 0.1) is 0 Å². The van der Waals surface area contributed by atoms with Gasteiger partial charge >= 0.3 is 5.97 Å². The summed E-state index contributed by atoms with van der Waals surface area (Å²) in [7, 11) is 0. The van der Waals surface area contributed by atoms with Crippen molar-refractivity contribution >= 4 is 33.9 Å². The minimum Gasteiger partial charge on any atom is -0.480 e. The number of carboxylic acid groups (broad SMARTS) is 1.